The summed E-state index contributed by atoms with van der Waals surface area (Å²) in [6.45, 7) is 5.02. The molecule has 6 nitrogen and oxygen atoms in total. The number of alkyl halides is 3. The van der Waals surface area contributed by atoms with Gasteiger partial charge >= 0.3 is 0 Å². The summed E-state index contributed by atoms with van der Waals surface area (Å²) in [5.41, 5.74) is 8.83. The summed E-state index contributed by atoms with van der Waals surface area (Å²) in [5, 5.41) is 4.20. The summed E-state index contributed by atoms with van der Waals surface area (Å²) in [6.07, 6.45) is 3.80. The van der Waals surface area contributed by atoms with Crippen LogP contribution < -0.4 is 16.0 Å². The molecule has 4 rings (SSSR count). The van der Waals surface area contributed by atoms with Crippen LogP contribution >= 0.6 is 47.0 Å². The Kier molecular flexibility index (Phi) is 9.19. The van der Waals surface area contributed by atoms with Crippen LogP contribution in [0.4, 0.5) is 11.4 Å². The molecule has 1 saturated heterocycles. The van der Waals surface area contributed by atoms with Crippen molar-refractivity contribution >= 4 is 86.4 Å². The van der Waals surface area contributed by atoms with Gasteiger partial charge in [0.2, 0.25) is 9.70 Å². The largest absolute Gasteiger partial charge is 0.399 e. The number of aromatic nitrogens is 1. The lowest BCUT2D eigenvalue weighted by Gasteiger charge is -2.34. The van der Waals surface area contributed by atoms with Crippen LogP contribution in [-0.4, -0.2) is 44.0 Å². The molecule has 1 unspecified atom stereocenters. The maximum Gasteiger partial charge on any atom is 0.245 e. The van der Waals surface area contributed by atoms with Crippen LogP contribution in [0.15, 0.2) is 66.9 Å². The second-order valence-corrected chi connectivity index (χ2v) is 10.2. The molecule has 3 N–H and O–H groups in total. The van der Waals surface area contributed by atoms with Crippen LogP contribution in [-0.2, 0) is 4.79 Å². The van der Waals surface area contributed by atoms with E-state index < -0.39 is 15.9 Å². The Bertz CT molecular complexity index is 1210. The van der Waals surface area contributed by atoms with Gasteiger partial charge in [0.05, 0.1) is 11.2 Å². The molecule has 0 aliphatic carbocycles. The minimum Gasteiger partial charge on any atom is -0.399 e. The van der Waals surface area contributed by atoms with Crippen molar-refractivity contribution in [2.75, 3.05) is 23.7 Å². The quantitative estimate of drug-likeness (QED) is 0.182. The lowest BCUT2D eigenvalue weighted by atomic mass is 10.2. The van der Waals surface area contributed by atoms with Crippen LogP contribution in [0.2, 0.25) is 0 Å². The minimum absolute atomic E-state index is 0.420. The summed E-state index contributed by atoms with van der Waals surface area (Å²) >= 11 is 24.5. The molecule has 1 amide bonds. The Labute approximate surface area is 225 Å². The molecule has 2 heterocycles. The molecule has 0 saturated carbocycles. The first-order valence-corrected chi connectivity index (χ1v) is 12.6. The number of nitrogens with one attached hydrogen (secondary N) is 1. The number of rotatable bonds is 5. The fourth-order valence-electron chi connectivity index (χ4n) is 3.62. The van der Waals surface area contributed by atoms with Gasteiger partial charge in [0.15, 0.2) is 11.3 Å². The third kappa shape index (κ3) is 6.55. The van der Waals surface area contributed by atoms with E-state index in [2.05, 4.69) is 10.3 Å². The molecule has 35 heavy (non-hydrogen) atoms. The monoisotopic (exact) mass is 549 g/mol. The molecule has 2 aromatic carbocycles. The van der Waals surface area contributed by atoms with E-state index in [1.807, 2.05) is 49.1 Å². The number of nitrogens with zero attached hydrogens (tertiary/aromatic N) is 3. The predicted molar refractivity (Wildman–Crippen MR) is 152 cm³/mol. The van der Waals surface area contributed by atoms with Crippen molar-refractivity contribution in [2.45, 2.75) is 23.8 Å². The zero-order chi connectivity index (χ0) is 25.6. The second-order valence-electron chi connectivity index (χ2n) is 7.43. The summed E-state index contributed by atoms with van der Waals surface area (Å²) in [4.78, 5) is 20.8. The SMILES string of the molecule is CC.Nc1ccc(/C=C/C(=O)NC(N2CCN(c3cccc4cccnc34)C2=S)C(Cl)(Cl)Cl)cc1. The molecule has 184 valence electrons. The molecule has 1 fully saturated rings. The number of pyridine rings is 1. The number of carbonyl (C=O) groups is 1. The maximum atomic E-state index is 12.6. The predicted octanol–water partition coefficient (Wildman–Crippen LogP) is 5.78. The third-order valence-electron chi connectivity index (χ3n) is 5.21. The molecular formula is C25H26Cl3N5OS. The van der Waals surface area contributed by atoms with E-state index in [4.69, 9.17) is 52.8 Å². The van der Waals surface area contributed by atoms with E-state index in [-0.39, 0.29) is 0 Å². The molecule has 0 radical (unpaired) electrons. The van der Waals surface area contributed by atoms with Crippen LogP contribution in [0.25, 0.3) is 17.0 Å². The van der Waals surface area contributed by atoms with Gasteiger partial charge in [-0.3, -0.25) is 9.78 Å². The van der Waals surface area contributed by atoms with E-state index in [0.29, 0.717) is 23.9 Å². The molecule has 1 aliphatic rings. The number of anilines is 2. The van der Waals surface area contributed by atoms with Crippen molar-refractivity contribution in [1.82, 2.24) is 15.2 Å². The van der Waals surface area contributed by atoms with Crippen LogP contribution in [0, 0.1) is 0 Å². The van der Waals surface area contributed by atoms with Crippen LogP contribution in [0.1, 0.15) is 19.4 Å². The lowest BCUT2D eigenvalue weighted by Crippen LogP contribution is -2.56. The number of hydrogen-bond acceptors (Lipinski definition) is 4. The van der Waals surface area contributed by atoms with E-state index in [0.717, 1.165) is 22.2 Å². The first-order valence-electron chi connectivity index (χ1n) is 11.1. The number of hydrogen-bond donors (Lipinski definition) is 2. The summed E-state index contributed by atoms with van der Waals surface area (Å²) in [7, 11) is 0. The van der Waals surface area contributed by atoms with Gasteiger partial charge in [-0.2, -0.15) is 0 Å². The van der Waals surface area contributed by atoms with E-state index in [9.17, 15) is 4.79 Å². The normalized spacial score (nSPS) is 14.7. The molecule has 3 aromatic rings. The molecule has 1 aromatic heterocycles. The Hall–Kier alpha value is -2.58. The molecular weight excluding hydrogens is 525 g/mol. The van der Waals surface area contributed by atoms with Crippen LogP contribution in [0.3, 0.4) is 0 Å². The number of nitrogen functional groups attached to an aromatic ring is 1. The van der Waals surface area contributed by atoms with E-state index in [1.165, 1.54) is 6.08 Å². The van der Waals surface area contributed by atoms with Gasteiger partial charge in [-0.05, 0) is 48.1 Å². The third-order valence-corrected chi connectivity index (χ3v) is 6.28. The van der Waals surface area contributed by atoms with Gasteiger partial charge in [-0.25, -0.2) is 0 Å². The molecule has 0 spiro atoms. The average molecular weight is 551 g/mol. The van der Waals surface area contributed by atoms with Gasteiger partial charge in [0, 0.05) is 36.4 Å². The highest BCUT2D eigenvalue weighted by atomic mass is 35.6. The van der Waals surface area contributed by atoms with Crippen molar-refractivity contribution in [3.8, 4) is 0 Å². The van der Waals surface area contributed by atoms with Crippen molar-refractivity contribution in [2.24, 2.45) is 0 Å². The zero-order valence-electron chi connectivity index (χ0n) is 19.3. The minimum atomic E-state index is -1.82. The van der Waals surface area contributed by atoms with Crippen molar-refractivity contribution in [3.63, 3.8) is 0 Å². The number of thiocarbonyl (C=S) groups is 1. The molecule has 1 atom stereocenters. The van der Waals surface area contributed by atoms with E-state index >= 15 is 0 Å². The first kappa shape index (κ1) is 27.0. The van der Waals surface area contributed by atoms with E-state index in [1.54, 1.807) is 41.4 Å². The topological polar surface area (TPSA) is 74.5 Å². The zero-order valence-corrected chi connectivity index (χ0v) is 22.4. The number of para-hydroxylation sites is 1. The van der Waals surface area contributed by atoms with Gasteiger partial charge in [0.25, 0.3) is 0 Å². The summed E-state index contributed by atoms with van der Waals surface area (Å²) < 4.78 is -1.82. The van der Waals surface area contributed by atoms with Gasteiger partial charge in [-0.1, -0.05) is 79.0 Å². The Morgan fingerprint density at radius 3 is 2.49 bits per heavy atom. The summed E-state index contributed by atoms with van der Waals surface area (Å²) in [5.74, 6) is -0.420. The highest BCUT2D eigenvalue weighted by molar-refractivity contribution is 7.80. The van der Waals surface area contributed by atoms with Gasteiger partial charge in [0.1, 0.15) is 0 Å². The number of carbonyl (C=O) groups excluding carboxylic acids is 1. The Balaban J connectivity index is 0.00000167. The molecule has 1 aliphatic heterocycles. The number of benzene rings is 2. The number of halogens is 3. The number of nitrogens with two attached hydrogens (primary N) is 1. The molecule has 10 heteroatoms. The fraction of sp³-hybridized carbons (Fsp3) is 0.240. The van der Waals surface area contributed by atoms with Gasteiger partial charge < -0.3 is 20.9 Å². The number of fused-ring (bicyclic) bond motifs is 1. The van der Waals surface area contributed by atoms with Gasteiger partial charge in [-0.15, -0.1) is 0 Å². The molecule has 0 bridgehead atoms. The number of amides is 1. The lowest BCUT2D eigenvalue weighted by molar-refractivity contribution is -0.117. The Morgan fingerprint density at radius 2 is 1.80 bits per heavy atom. The van der Waals surface area contributed by atoms with Crippen molar-refractivity contribution < 1.29 is 4.79 Å². The average Bonchev–Trinajstić information content (AvgIpc) is 3.22. The Morgan fingerprint density at radius 1 is 1.11 bits per heavy atom. The smallest absolute Gasteiger partial charge is 0.245 e. The highest BCUT2D eigenvalue weighted by Gasteiger charge is 2.43. The standard InChI is InChI=1S/C23H20Cl3N5OS.C2H6/c24-23(25,26)21(29-19(32)11-8-15-6-9-17(27)10-7-15)31-14-13-30(22(31)33)18-5-1-3-16-4-2-12-28-20(16)18;1-2/h1-12,21H,13-14,27H2,(H,29,32);1-2H3/b11-8+;. The second kappa shape index (κ2) is 11.9. The van der Waals surface area contributed by atoms with Crippen molar-refractivity contribution in [3.05, 3.63) is 72.4 Å². The first-order chi connectivity index (χ1) is 16.7. The van der Waals surface area contributed by atoms with Crippen LogP contribution in [0.5, 0.6) is 0 Å². The highest BCUT2D eigenvalue weighted by Crippen LogP contribution is 2.35. The maximum absolute atomic E-state index is 12.6. The fourth-order valence-corrected chi connectivity index (χ4v) is 4.52. The summed E-state index contributed by atoms with van der Waals surface area (Å²) in [6, 6.07) is 16.9. The van der Waals surface area contributed by atoms with Crippen molar-refractivity contribution in [1.29, 1.82) is 0 Å².